The molecule has 11 heavy (non-hydrogen) atoms. The van der Waals surface area contributed by atoms with Crippen LogP contribution in [0.3, 0.4) is 0 Å². The van der Waals surface area contributed by atoms with E-state index in [2.05, 4.69) is 22.5 Å². The highest BCUT2D eigenvalue weighted by Gasteiger charge is 2.09. The van der Waals surface area contributed by atoms with Crippen LogP contribution in [0.25, 0.3) is 0 Å². The van der Waals surface area contributed by atoms with E-state index in [4.69, 9.17) is 10.2 Å². The molecule has 0 saturated carbocycles. The molecule has 1 aromatic rings. The lowest BCUT2D eigenvalue weighted by atomic mass is 10.1. The first-order valence-electron chi connectivity index (χ1n) is 3.27. The highest BCUT2D eigenvalue weighted by Crippen LogP contribution is 2.22. The van der Waals surface area contributed by atoms with Crippen molar-refractivity contribution in [3.05, 3.63) is 34.7 Å². The van der Waals surface area contributed by atoms with Crippen molar-refractivity contribution in [1.82, 2.24) is 0 Å². The molecule has 0 aromatic carbocycles. The lowest BCUT2D eigenvalue weighted by Gasteiger charge is -2.06. The third-order valence-electron chi connectivity index (χ3n) is 1.43. The Hall–Kier alpha value is -0.540. The quantitative estimate of drug-likeness (QED) is 0.771. The molecule has 0 saturated heterocycles. The predicted octanol–water partition coefficient (Wildman–Crippen LogP) is 2.62. The van der Waals surface area contributed by atoms with Gasteiger partial charge in [0.2, 0.25) is 0 Å². The minimum absolute atomic E-state index is 0.193. The van der Waals surface area contributed by atoms with Gasteiger partial charge in [-0.2, -0.15) is 0 Å². The van der Waals surface area contributed by atoms with Crippen LogP contribution in [0.2, 0.25) is 0 Å². The van der Waals surface area contributed by atoms with Crippen LogP contribution >= 0.6 is 15.9 Å². The summed E-state index contributed by atoms with van der Waals surface area (Å²) in [7, 11) is 0. The second-order valence-electron chi connectivity index (χ2n) is 2.47. The zero-order valence-electron chi connectivity index (χ0n) is 6.30. The Bertz CT molecular complexity index is 267. The van der Waals surface area contributed by atoms with Crippen molar-refractivity contribution in [2.24, 2.45) is 5.73 Å². The van der Waals surface area contributed by atoms with Crippen molar-refractivity contribution in [3.8, 4) is 0 Å². The van der Waals surface area contributed by atoms with Crippen LogP contribution in [0.5, 0.6) is 0 Å². The summed E-state index contributed by atoms with van der Waals surface area (Å²) in [6, 6.07) is 3.46. The molecule has 0 aliphatic carbocycles. The average molecular weight is 216 g/mol. The lowest BCUT2D eigenvalue weighted by Crippen LogP contribution is -2.09. The second kappa shape index (κ2) is 3.24. The van der Waals surface area contributed by atoms with Gasteiger partial charge in [-0.15, -0.1) is 0 Å². The van der Waals surface area contributed by atoms with Gasteiger partial charge in [0.1, 0.15) is 5.76 Å². The van der Waals surface area contributed by atoms with Crippen LogP contribution in [0.1, 0.15) is 18.7 Å². The topological polar surface area (TPSA) is 39.2 Å². The van der Waals surface area contributed by atoms with Crippen molar-refractivity contribution in [2.45, 2.75) is 13.0 Å². The Morgan fingerprint density at radius 3 is 2.73 bits per heavy atom. The monoisotopic (exact) mass is 215 g/mol. The van der Waals surface area contributed by atoms with Crippen molar-refractivity contribution in [3.63, 3.8) is 0 Å². The second-order valence-corrected chi connectivity index (χ2v) is 3.25. The number of hydrogen-bond donors (Lipinski definition) is 1. The highest BCUT2D eigenvalue weighted by molar-refractivity contribution is 9.10. The highest BCUT2D eigenvalue weighted by atomic mass is 79.9. The summed E-state index contributed by atoms with van der Waals surface area (Å²) in [5, 5.41) is 0. The molecule has 3 heteroatoms. The summed E-state index contributed by atoms with van der Waals surface area (Å²) >= 11 is 3.20. The van der Waals surface area contributed by atoms with E-state index in [0.29, 0.717) is 4.67 Å². The first-order valence-corrected chi connectivity index (χ1v) is 4.07. The average Bonchev–Trinajstić information content (AvgIpc) is 2.34. The van der Waals surface area contributed by atoms with Crippen LogP contribution in [-0.2, 0) is 0 Å². The van der Waals surface area contributed by atoms with Crippen LogP contribution in [0.15, 0.2) is 33.4 Å². The zero-order chi connectivity index (χ0) is 8.43. The Morgan fingerprint density at radius 1 is 1.73 bits per heavy atom. The van der Waals surface area contributed by atoms with E-state index in [-0.39, 0.29) is 6.04 Å². The fourth-order valence-electron chi connectivity index (χ4n) is 0.738. The van der Waals surface area contributed by atoms with Gasteiger partial charge < -0.3 is 10.2 Å². The minimum atomic E-state index is -0.193. The van der Waals surface area contributed by atoms with Crippen LogP contribution in [-0.4, -0.2) is 0 Å². The van der Waals surface area contributed by atoms with E-state index in [1.165, 1.54) is 0 Å². The van der Waals surface area contributed by atoms with E-state index < -0.39 is 0 Å². The van der Waals surface area contributed by atoms with Crippen molar-refractivity contribution in [1.29, 1.82) is 0 Å². The molecule has 0 aliphatic heterocycles. The normalized spacial score (nSPS) is 13.0. The standard InChI is InChI=1S/C8H10BrNO/c1-5(2)8(10)6-3-4-7(9)11-6/h3-4,8H,1,10H2,2H3. The van der Waals surface area contributed by atoms with Crippen molar-refractivity contribution >= 4 is 15.9 Å². The van der Waals surface area contributed by atoms with E-state index in [1.807, 2.05) is 19.1 Å². The molecule has 0 spiro atoms. The number of halogens is 1. The first kappa shape index (κ1) is 8.56. The summed E-state index contributed by atoms with van der Waals surface area (Å²) < 4.78 is 5.94. The molecule has 0 aliphatic rings. The van der Waals surface area contributed by atoms with Gasteiger partial charge in [0, 0.05) is 0 Å². The smallest absolute Gasteiger partial charge is 0.169 e. The maximum atomic E-state index is 5.74. The summed E-state index contributed by atoms with van der Waals surface area (Å²) in [4.78, 5) is 0. The molecule has 2 nitrogen and oxygen atoms in total. The molecule has 0 fully saturated rings. The van der Waals surface area contributed by atoms with Gasteiger partial charge >= 0.3 is 0 Å². The lowest BCUT2D eigenvalue weighted by molar-refractivity contribution is 0.468. The largest absolute Gasteiger partial charge is 0.452 e. The van der Waals surface area contributed by atoms with Crippen molar-refractivity contribution in [2.75, 3.05) is 0 Å². The molecule has 1 aromatic heterocycles. The fourth-order valence-corrected chi connectivity index (χ4v) is 1.06. The van der Waals surface area contributed by atoms with E-state index in [9.17, 15) is 0 Å². The molecule has 1 atom stereocenters. The Morgan fingerprint density at radius 2 is 2.36 bits per heavy atom. The molecule has 0 amide bonds. The Labute approximate surface area is 74.2 Å². The number of furan rings is 1. The molecule has 0 bridgehead atoms. The summed E-state index contributed by atoms with van der Waals surface area (Å²) in [5.74, 6) is 0.740. The third kappa shape index (κ3) is 1.94. The minimum Gasteiger partial charge on any atom is -0.452 e. The van der Waals surface area contributed by atoms with Crippen molar-refractivity contribution < 1.29 is 4.42 Å². The molecule has 0 radical (unpaired) electrons. The molecule has 2 N–H and O–H groups in total. The number of nitrogens with two attached hydrogens (primary N) is 1. The molecular weight excluding hydrogens is 206 g/mol. The van der Waals surface area contributed by atoms with Gasteiger partial charge in [0.15, 0.2) is 4.67 Å². The van der Waals surface area contributed by atoms with Gasteiger partial charge in [-0.3, -0.25) is 0 Å². The SMILES string of the molecule is C=C(C)C(N)c1ccc(Br)o1. The number of hydrogen-bond acceptors (Lipinski definition) is 2. The molecule has 1 rings (SSSR count). The summed E-state index contributed by atoms with van der Waals surface area (Å²) in [6.45, 7) is 5.62. The fraction of sp³-hybridized carbons (Fsp3) is 0.250. The predicted molar refractivity (Wildman–Crippen MR) is 48.2 cm³/mol. The van der Waals surface area contributed by atoms with Gasteiger partial charge in [-0.25, -0.2) is 0 Å². The summed E-state index contributed by atoms with van der Waals surface area (Å²) in [6.07, 6.45) is 0. The first-order chi connectivity index (χ1) is 5.11. The zero-order valence-corrected chi connectivity index (χ0v) is 7.89. The maximum Gasteiger partial charge on any atom is 0.169 e. The van der Waals surface area contributed by atoms with Crippen LogP contribution in [0, 0.1) is 0 Å². The van der Waals surface area contributed by atoms with Crippen LogP contribution < -0.4 is 5.73 Å². The summed E-state index contributed by atoms with van der Waals surface area (Å²) in [5.41, 5.74) is 6.63. The molecule has 1 heterocycles. The van der Waals surface area contributed by atoms with E-state index >= 15 is 0 Å². The van der Waals surface area contributed by atoms with Gasteiger partial charge in [-0.05, 0) is 35.0 Å². The third-order valence-corrected chi connectivity index (χ3v) is 1.86. The Balaban J connectivity index is 2.84. The number of rotatable bonds is 2. The van der Waals surface area contributed by atoms with E-state index in [0.717, 1.165) is 11.3 Å². The molecule has 1 unspecified atom stereocenters. The maximum absolute atomic E-state index is 5.74. The van der Waals surface area contributed by atoms with Crippen LogP contribution in [0.4, 0.5) is 0 Å². The molecule has 60 valence electrons. The van der Waals surface area contributed by atoms with Gasteiger partial charge in [-0.1, -0.05) is 12.2 Å². The van der Waals surface area contributed by atoms with Gasteiger partial charge in [0.05, 0.1) is 6.04 Å². The Kier molecular flexibility index (Phi) is 2.52. The molecular formula is C8H10BrNO. The van der Waals surface area contributed by atoms with Gasteiger partial charge in [0.25, 0.3) is 0 Å². The van der Waals surface area contributed by atoms with E-state index in [1.54, 1.807) is 0 Å².